The second-order valence-corrected chi connectivity index (χ2v) is 5.94. The SMILES string of the molecule is CC1CCC2NC2C12COC(C)(C)OC2. The van der Waals surface area contributed by atoms with Crippen LogP contribution in [-0.2, 0) is 9.47 Å². The molecule has 3 rings (SSSR count). The third kappa shape index (κ3) is 1.44. The Balaban J connectivity index is 1.79. The lowest BCUT2D eigenvalue weighted by Gasteiger charge is -2.48. The van der Waals surface area contributed by atoms with Gasteiger partial charge in [0.05, 0.1) is 13.2 Å². The first-order valence-corrected chi connectivity index (χ1v) is 6.07. The third-order valence-electron chi connectivity index (χ3n) is 4.58. The van der Waals surface area contributed by atoms with Gasteiger partial charge in [0.25, 0.3) is 0 Å². The summed E-state index contributed by atoms with van der Waals surface area (Å²) >= 11 is 0. The van der Waals surface area contributed by atoms with Gasteiger partial charge in [-0.1, -0.05) is 6.92 Å². The van der Waals surface area contributed by atoms with Crippen molar-refractivity contribution >= 4 is 0 Å². The quantitative estimate of drug-likeness (QED) is 0.618. The zero-order valence-electron chi connectivity index (χ0n) is 9.88. The molecule has 3 heteroatoms. The maximum atomic E-state index is 5.86. The van der Waals surface area contributed by atoms with E-state index in [2.05, 4.69) is 12.2 Å². The first-order valence-electron chi connectivity index (χ1n) is 6.07. The highest BCUT2D eigenvalue weighted by atomic mass is 16.7. The van der Waals surface area contributed by atoms with Gasteiger partial charge in [0.2, 0.25) is 0 Å². The van der Waals surface area contributed by atoms with Gasteiger partial charge in [0.15, 0.2) is 5.79 Å². The smallest absolute Gasteiger partial charge is 0.162 e. The molecule has 1 aliphatic carbocycles. The Labute approximate surface area is 91.5 Å². The minimum absolute atomic E-state index is 0.248. The highest BCUT2D eigenvalue weighted by Gasteiger charge is 2.60. The predicted octanol–water partition coefficient (Wildman–Crippen LogP) is 1.53. The monoisotopic (exact) mass is 211 g/mol. The molecule has 3 fully saturated rings. The van der Waals surface area contributed by atoms with Crippen molar-refractivity contribution < 1.29 is 9.47 Å². The number of fused-ring (bicyclic) bond motifs is 2. The maximum absolute atomic E-state index is 5.86. The highest BCUT2D eigenvalue weighted by molar-refractivity contribution is 5.15. The summed E-state index contributed by atoms with van der Waals surface area (Å²) in [6.45, 7) is 8.07. The molecule has 1 spiro atoms. The van der Waals surface area contributed by atoms with E-state index in [1.54, 1.807) is 0 Å². The summed E-state index contributed by atoms with van der Waals surface area (Å²) in [5, 5.41) is 3.59. The fourth-order valence-corrected chi connectivity index (χ4v) is 3.18. The molecule has 0 amide bonds. The molecule has 3 aliphatic rings. The van der Waals surface area contributed by atoms with Crippen LogP contribution >= 0.6 is 0 Å². The van der Waals surface area contributed by atoms with Gasteiger partial charge < -0.3 is 14.8 Å². The van der Waals surface area contributed by atoms with Crippen LogP contribution in [0.2, 0.25) is 0 Å². The number of hydrogen-bond donors (Lipinski definition) is 1. The van der Waals surface area contributed by atoms with Crippen molar-refractivity contribution in [3.63, 3.8) is 0 Å². The van der Waals surface area contributed by atoms with Crippen LogP contribution in [0.4, 0.5) is 0 Å². The van der Waals surface area contributed by atoms with E-state index in [-0.39, 0.29) is 11.2 Å². The van der Waals surface area contributed by atoms with Gasteiger partial charge in [0, 0.05) is 17.5 Å². The minimum Gasteiger partial charge on any atom is -0.350 e. The van der Waals surface area contributed by atoms with Crippen LogP contribution in [0.1, 0.15) is 33.6 Å². The van der Waals surface area contributed by atoms with Gasteiger partial charge >= 0.3 is 0 Å². The van der Waals surface area contributed by atoms with E-state index >= 15 is 0 Å². The summed E-state index contributed by atoms with van der Waals surface area (Å²) in [5.74, 6) is 0.331. The van der Waals surface area contributed by atoms with Crippen molar-refractivity contribution in [3.05, 3.63) is 0 Å². The number of ether oxygens (including phenoxy) is 2. The van der Waals surface area contributed by atoms with Crippen LogP contribution in [0.5, 0.6) is 0 Å². The van der Waals surface area contributed by atoms with Gasteiger partial charge in [-0.25, -0.2) is 0 Å². The molecule has 1 saturated carbocycles. The van der Waals surface area contributed by atoms with Crippen molar-refractivity contribution in [2.45, 2.75) is 51.5 Å². The van der Waals surface area contributed by atoms with Gasteiger partial charge in [0.1, 0.15) is 0 Å². The van der Waals surface area contributed by atoms with Crippen molar-refractivity contribution in [1.29, 1.82) is 0 Å². The summed E-state index contributed by atoms with van der Waals surface area (Å²) in [5.41, 5.74) is 0.248. The summed E-state index contributed by atoms with van der Waals surface area (Å²) in [4.78, 5) is 0. The Morgan fingerprint density at radius 1 is 1.13 bits per heavy atom. The summed E-state index contributed by atoms with van der Waals surface area (Å²) in [7, 11) is 0. The Morgan fingerprint density at radius 3 is 2.47 bits per heavy atom. The van der Waals surface area contributed by atoms with Crippen LogP contribution in [-0.4, -0.2) is 31.1 Å². The second-order valence-electron chi connectivity index (χ2n) is 5.94. The minimum atomic E-state index is -0.382. The van der Waals surface area contributed by atoms with Crippen molar-refractivity contribution in [2.24, 2.45) is 11.3 Å². The predicted molar refractivity (Wildman–Crippen MR) is 57.5 cm³/mol. The topological polar surface area (TPSA) is 40.4 Å². The summed E-state index contributed by atoms with van der Waals surface area (Å²) < 4.78 is 11.7. The Morgan fingerprint density at radius 2 is 1.80 bits per heavy atom. The van der Waals surface area contributed by atoms with Crippen LogP contribution in [0, 0.1) is 11.3 Å². The zero-order chi connectivity index (χ0) is 10.7. The number of nitrogens with one attached hydrogen (secondary N) is 1. The van der Waals surface area contributed by atoms with Crippen LogP contribution < -0.4 is 5.32 Å². The molecule has 3 unspecified atom stereocenters. The van der Waals surface area contributed by atoms with E-state index in [1.807, 2.05) is 13.8 Å². The average Bonchev–Trinajstić information content (AvgIpc) is 2.95. The van der Waals surface area contributed by atoms with Gasteiger partial charge in [-0.3, -0.25) is 0 Å². The molecule has 86 valence electrons. The number of rotatable bonds is 0. The van der Waals surface area contributed by atoms with Gasteiger partial charge in [-0.05, 0) is 32.6 Å². The number of hydrogen-bond acceptors (Lipinski definition) is 3. The lowest BCUT2D eigenvalue weighted by molar-refractivity contribution is -0.295. The second kappa shape index (κ2) is 2.96. The fraction of sp³-hybridized carbons (Fsp3) is 1.00. The molecule has 0 bridgehead atoms. The first kappa shape index (κ1) is 10.1. The molecule has 2 saturated heterocycles. The fourth-order valence-electron chi connectivity index (χ4n) is 3.18. The molecule has 15 heavy (non-hydrogen) atoms. The average molecular weight is 211 g/mol. The molecule has 3 nitrogen and oxygen atoms in total. The molecule has 2 aliphatic heterocycles. The molecule has 0 aromatic carbocycles. The lowest BCUT2D eigenvalue weighted by atomic mass is 9.67. The lowest BCUT2D eigenvalue weighted by Crippen LogP contribution is -2.54. The third-order valence-corrected chi connectivity index (χ3v) is 4.58. The normalized spacial score (nSPS) is 46.2. The Hall–Kier alpha value is -0.120. The molecule has 0 aromatic rings. The standard InChI is InChI=1S/C12H21NO2/c1-8-4-5-9-10(13-9)12(8)6-14-11(2,3)15-7-12/h8-10,13H,4-7H2,1-3H3. The van der Waals surface area contributed by atoms with Crippen molar-refractivity contribution in [2.75, 3.05) is 13.2 Å². The van der Waals surface area contributed by atoms with E-state index in [4.69, 9.17) is 9.47 Å². The molecular weight excluding hydrogens is 190 g/mol. The Kier molecular flexibility index (Phi) is 1.99. The zero-order valence-corrected chi connectivity index (χ0v) is 9.88. The molecular formula is C12H21NO2. The van der Waals surface area contributed by atoms with E-state index in [0.29, 0.717) is 12.0 Å². The van der Waals surface area contributed by atoms with Crippen molar-refractivity contribution in [3.8, 4) is 0 Å². The largest absolute Gasteiger partial charge is 0.350 e. The van der Waals surface area contributed by atoms with E-state index in [0.717, 1.165) is 19.3 Å². The van der Waals surface area contributed by atoms with Crippen LogP contribution in [0.15, 0.2) is 0 Å². The first-order chi connectivity index (χ1) is 7.04. The van der Waals surface area contributed by atoms with Crippen LogP contribution in [0.25, 0.3) is 0 Å². The molecule has 2 heterocycles. The Bertz CT molecular complexity index is 263. The van der Waals surface area contributed by atoms with Gasteiger partial charge in [-0.15, -0.1) is 0 Å². The van der Waals surface area contributed by atoms with E-state index in [1.165, 1.54) is 12.8 Å². The molecule has 1 N–H and O–H groups in total. The molecule has 3 atom stereocenters. The van der Waals surface area contributed by atoms with Crippen molar-refractivity contribution in [1.82, 2.24) is 5.32 Å². The van der Waals surface area contributed by atoms with E-state index in [9.17, 15) is 0 Å². The highest BCUT2D eigenvalue weighted by Crippen LogP contribution is 2.50. The van der Waals surface area contributed by atoms with Crippen LogP contribution in [0.3, 0.4) is 0 Å². The molecule has 0 radical (unpaired) electrons. The van der Waals surface area contributed by atoms with Gasteiger partial charge in [-0.2, -0.15) is 0 Å². The van der Waals surface area contributed by atoms with E-state index < -0.39 is 0 Å². The maximum Gasteiger partial charge on any atom is 0.162 e. The summed E-state index contributed by atoms with van der Waals surface area (Å²) in [6.07, 6.45) is 2.64. The molecule has 0 aromatic heterocycles. The summed E-state index contributed by atoms with van der Waals surface area (Å²) in [6, 6.07) is 1.40.